The Morgan fingerprint density at radius 3 is 1.70 bits per heavy atom. The highest BCUT2D eigenvalue weighted by molar-refractivity contribution is 6.33. The summed E-state index contributed by atoms with van der Waals surface area (Å²) in [7, 11) is 0. The summed E-state index contributed by atoms with van der Waals surface area (Å²) in [6.45, 7) is 0. The molecule has 1 spiro atoms. The van der Waals surface area contributed by atoms with Gasteiger partial charge < -0.3 is 4.74 Å². The SMILES string of the molecule is O=C1c2ccccc2C(=O)C12O[C@H](c1ccccc1)[C@@H]([N+](=O)[O-])[C@H]2c1ccccc1. The number of fused-ring (bicyclic) bond motifs is 1. The van der Waals surface area contributed by atoms with Gasteiger partial charge in [0.15, 0.2) is 6.10 Å². The summed E-state index contributed by atoms with van der Waals surface area (Å²) in [6, 6.07) is 22.7. The van der Waals surface area contributed by atoms with E-state index < -0.39 is 40.2 Å². The fraction of sp³-hybridized carbons (Fsp3) is 0.167. The molecular weight excluding hydrogens is 382 g/mol. The zero-order valence-corrected chi connectivity index (χ0v) is 15.8. The van der Waals surface area contributed by atoms with Gasteiger partial charge in [0.2, 0.25) is 17.2 Å². The molecule has 0 amide bonds. The van der Waals surface area contributed by atoms with Crippen LogP contribution in [0.1, 0.15) is 43.9 Å². The monoisotopic (exact) mass is 399 g/mol. The Hall–Kier alpha value is -3.64. The van der Waals surface area contributed by atoms with Crippen LogP contribution in [0, 0.1) is 10.1 Å². The highest BCUT2D eigenvalue weighted by atomic mass is 16.6. The largest absolute Gasteiger partial charge is 0.342 e. The van der Waals surface area contributed by atoms with Crippen molar-refractivity contribution in [2.75, 3.05) is 0 Å². The van der Waals surface area contributed by atoms with Crippen molar-refractivity contribution in [1.29, 1.82) is 0 Å². The number of carbonyl (C=O) groups excluding carboxylic acids is 2. The molecule has 1 fully saturated rings. The number of benzene rings is 3. The lowest BCUT2D eigenvalue weighted by Gasteiger charge is -2.26. The van der Waals surface area contributed by atoms with Gasteiger partial charge in [-0.15, -0.1) is 0 Å². The van der Waals surface area contributed by atoms with Gasteiger partial charge in [-0.05, 0) is 11.1 Å². The number of carbonyl (C=O) groups is 2. The van der Waals surface area contributed by atoms with Gasteiger partial charge in [-0.25, -0.2) is 0 Å². The van der Waals surface area contributed by atoms with E-state index in [9.17, 15) is 19.7 Å². The minimum absolute atomic E-state index is 0.249. The number of nitrogens with zero attached hydrogens (tertiary/aromatic N) is 1. The lowest BCUT2D eigenvalue weighted by molar-refractivity contribution is -0.531. The van der Waals surface area contributed by atoms with Gasteiger partial charge in [0.25, 0.3) is 6.04 Å². The third kappa shape index (κ3) is 2.40. The standard InChI is InChI=1S/C24H17NO5/c26-22-17-13-7-8-14-18(17)23(27)24(22)19(15-9-3-1-4-10-15)20(25(28)29)21(30-24)16-11-5-2-6-12-16/h1-14,19-21H/t19-,20+,21-/m1/s1. The topological polar surface area (TPSA) is 86.5 Å². The third-order valence-electron chi connectivity index (χ3n) is 6.02. The molecule has 0 aromatic heterocycles. The summed E-state index contributed by atoms with van der Waals surface area (Å²) in [4.78, 5) is 39.1. The van der Waals surface area contributed by atoms with Crippen LogP contribution in [0.15, 0.2) is 84.9 Å². The van der Waals surface area contributed by atoms with Crippen LogP contribution in [0.2, 0.25) is 0 Å². The summed E-state index contributed by atoms with van der Waals surface area (Å²) < 4.78 is 6.20. The lowest BCUT2D eigenvalue weighted by Crippen LogP contribution is -2.48. The first kappa shape index (κ1) is 18.4. The quantitative estimate of drug-likeness (QED) is 0.377. The Morgan fingerprint density at radius 2 is 1.20 bits per heavy atom. The Bertz CT molecular complexity index is 1120. The molecule has 0 radical (unpaired) electrons. The minimum atomic E-state index is -1.96. The van der Waals surface area contributed by atoms with Crippen LogP contribution in [-0.4, -0.2) is 28.1 Å². The summed E-state index contributed by atoms with van der Waals surface area (Å²) in [6.07, 6.45) is -1.03. The second-order valence-electron chi connectivity index (χ2n) is 7.55. The van der Waals surface area contributed by atoms with Crippen LogP contribution >= 0.6 is 0 Å². The zero-order chi connectivity index (χ0) is 20.9. The van der Waals surface area contributed by atoms with Crippen molar-refractivity contribution >= 4 is 11.6 Å². The van der Waals surface area contributed by atoms with Gasteiger partial charge in [0.1, 0.15) is 0 Å². The Balaban J connectivity index is 1.77. The molecule has 1 aliphatic heterocycles. The molecule has 6 nitrogen and oxygen atoms in total. The maximum absolute atomic E-state index is 13.6. The zero-order valence-electron chi connectivity index (χ0n) is 15.8. The Kier molecular flexibility index (Phi) is 4.11. The number of ketones is 2. The first-order valence-corrected chi connectivity index (χ1v) is 9.65. The van der Waals surface area contributed by atoms with Crippen LogP contribution < -0.4 is 0 Å². The molecule has 0 N–H and O–H groups in total. The minimum Gasteiger partial charge on any atom is -0.342 e. The number of rotatable bonds is 3. The summed E-state index contributed by atoms with van der Waals surface area (Å²) in [5.41, 5.74) is -0.359. The Labute approximate surface area is 172 Å². The molecule has 0 bridgehead atoms. The summed E-state index contributed by atoms with van der Waals surface area (Å²) in [5.74, 6) is -2.07. The lowest BCUT2D eigenvalue weighted by atomic mass is 9.75. The normalized spacial score (nSPS) is 24.2. The molecule has 1 aliphatic carbocycles. The van der Waals surface area contributed by atoms with E-state index in [1.165, 1.54) is 0 Å². The van der Waals surface area contributed by atoms with Gasteiger partial charge in [0.05, 0.1) is 5.92 Å². The Morgan fingerprint density at radius 1 is 0.733 bits per heavy atom. The number of hydrogen-bond acceptors (Lipinski definition) is 5. The molecule has 3 aromatic rings. The van der Waals surface area contributed by atoms with Crippen molar-refractivity contribution in [2.24, 2.45) is 0 Å². The molecule has 148 valence electrons. The summed E-state index contributed by atoms with van der Waals surface area (Å²) in [5, 5.41) is 12.3. The first-order valence-electron chi connectivity index (χ1n) is 9.65. The smallest absolute Gasteiger partial charge is 0.253 e. The number of nitro groups is 1. The molecule has 0 saturated carbocycles. The van der Waals surface area contributed by atoms with Crippen molar-refractivity contribution in [3.05, 3.63) is 117 Å². The second-order valence-corrected chi connectivity index (χ2v) is 7.55. The average molecular weight is 399 g/mol. The average Bonchev–Trinajstić information content (AvgIpc) is 3.26. The molecule has 30 heavy (non-hydrogen) atoms. The molecule has 1 saturated heterocycles. The number of ether oxygens (including phenoxy) is 1. The van der Waals surface area contributed by atoms with E-state index in [0.29, 0.717) is 11.1 Å². The van der Waals surface area contributed by atoms with E-state index in [0.717, 1.165) is 0 Å². The fourth-order valence-corrected chi connectivity index (χ4v) is 4.76. The maximum atomic E-state index is 13.6. The highest BCUT2D eigenvalue weighted by Gasteiger charge is 2.71. The van der Waals surface area contributed by atoms with Crippen LogP contribution in [0.3, 0.4) is 0 Å². The molecular formula is C24H17NO5. The van der Waals surface area contributed by atoms with Crippen LogP contribution in [0.4, 0.5) is 0 Å². The fourth-order valence-electron chi connectivity index (χ4n) is 4.76. The summed E-state index contributed by atoms with van der Waals surface area (Å²) >= 11 is 0. The van der Waals surface area contributed by atoms with E-state index in [2.05, 4.69) is 0 Å². The molecule has 0 unspecified atom stereocenters. The van der Waals surface area contributed by atoms with E-state index in [4.69, 9.17) is 4.74 Å². The van der Waals surface area contributed by atoms with Crippen molar-refractivity contribution in [3.63, 3.8) is 0 Å². The van der Waals surface area contributed by atoms with Gasteiger partial charge in [-0.3, -0.25) is 19.7 Å². The third-order valence-corrected chi connectivity index (χ3v) is 6.02. The van der Waals surface area contributed by atoms with Gasteiger partial charge in [0, 0.05) is 16.1 Å². The van der Waals surface area contributed by atoms with E-state index in [1.807, 2.05) is 0 Å². The predicted octanol–water partition coefficient (Wildman–Crippen LogP) is 4.01. The van der Waals surface area contributed by atoms with Crippen molar-refractivity contribution in [2.45, 2.75) is 23.7 Å². The van der Waals surface area contributed by atoms with Crippen molar-refractivity contribution in [3.8, 4) is 0 Å². The van der Waals surface area contributed by atoms with Crippen LogP contribution in [-0.2, 0) is 4.74 Å². The molecule has 1 heterocycles. The van der Waals surface area contributed by atoms with Crippen LogP contribution in [0.5, 0.6) is 0 Å². The van der Waals surface area contributed by atoms with Crippen molar-refractivity contribution < 1.29 is 19.2 Å². The molecule has 3 aromatic carbocycles. The molecule has 3 atom stereocenters. The van der Waals surface area contributed by atoms with Gasteiger partial charge in [-0.2, -0.15) is 0 Å². The highest BCUT2D eigenvalue weighted by Crippen LogP contribution is 2.55. The molecule has 6 heteroatoms. The number of Topliss-reactive ketones (excluding diaryl/α,β-unsaturated/α-hetero) is 2. The van der Waals surface area contributed by atoms with E-state index in [1.54, 1.807) is 84.9 Å². The van der Waals surface area contributed by atoms with Gasteiger partial charge in [-0.1, -0.05) is 84.9 Å². The number of hydrogen-bond donors (Lipinski definition) is 0. The van der Waals surface area contributed by atoms with Gasteiger partial charge >= 0.3 is 0 Å². The van der Waals surface area contributed by atoms with Crippen molar-refractivity contribution in [1.82, 2.24) is 0 Å². The molecule has 5 rings (SSSR count). The molecule has 2 aliphatic rings. The first-order chi connectivity index (χ1) is 14.6. The maximum Gasteiger partial charge on any atom is 0.253 e. The second kappa shape index (κ2) is 6.71. The van der Waals surface area contributed by atoms with Crippen LogP contribution in [0.25, 0.3) is 0 Å². The van der Waals surface area contributed by atoms with E-state index >= 15 is 0 Å². The van der Waals surface area contributed by atoms with E-state index in [-0.39, 0.29) is 11.1 Å². The predicted molar refractivity (Wildman–Crippen MR) is 108 cm³/mol.